The summed E-state index contributed by atoms with van der Waals surface area (Å²) >= 11 is 6.40. The number of rotatable bonds is 7. The Morgan fingerprint density at radius 3 is 2.52 bits per heavy atom. The standard InChI is InChI=1S/C20H23ClN2O4/c1-13(2)27-19(25)12-26-18(24)10-9-17-15(4)22-23(20(17)21)11-16-7-5-14(3)6-8-16/h5-10,13H,11-12H2,1-4H3/b10-9+. The van der Waals surface area contributed by atoms with Gasteiger partial charge in [0.2, 0.25) is 0 Å². The number of nitrogens with zero attached hydrogens (tertiary/aromatic N) is 2. The molecule has 2 aromatic rings. The monoisotopic (exact) mass is 390 g/mol. The minimum absolute atomic E-state index is 0.257. The van der Waals surface area contributed by atoms with Gasteiger partial charge in [-0.3, -0.25) is 0 Å². The maximum absolute atomic E-state index is 11.8. The number of benzene rings is 1. The highest BCUT2D eigenvalue weighted by Gasteiger charge is 2.13. The van der Waals surface area contributed by atoms with E-state index in [1.54, 1.807) is 18.5 Å². The summed E-state index contributed by atoms with van der Waals surface area (Å²) in [6.45, 7) is 7.37. The van der Waals surface area contributed by atoms with Crippen LogP contribution >= 0.6 is 11.6 Å². The van der Waals surface area contributed by atoms with E-state index in [2.05, 4.69) is 5.10 Å². The number of hydrogen-bond acceptors (Lipinski definition) is 5. The fraction of sp³-hybridized carbons (Fsp3) is 0.350. The lowest BCUT2D eigenvalue weighted by atomic mass is 10.1. The molecule has 1 aromatic heterocycles. The third-order valence-electron chi connectivity index (χ3n) is 3.65. The summed E-state index contributed by atoms with van der Waals surface area (Å²) in [6, 6.07) is 8.10. The number of hydrogen-bond donors (Lipinski definition) is 0. The largest absolute Gasteiger partial charge is 0.460 e. The summed E-state index contributed by atoms with van der Waals surface area (Å²) in [5.41, 5.74) is 3.57. The molecular weight excluding hydrogens is 368 g/mol. The first kappa shape index (κ1) is 20.7. The molecule has 0 fully saturated rings. The molecule has 0 aliphatic carbocycles. The molecule has 0 amide bonds. The van der Waals surface area contributed by atoms with Crippen molar-refractivity contribution in [2.24, 2.45) is 0 Å². The molecule has 0 radical (unpaired) electrons. The lowest BCUT2D eigenvalue weighted by Gasteiger charge is -2.07. The summed E-state index contributed by atoms with van der Waals surface area (Å²) in [5, 5.41) is 4.85. The quantitative estimate of drug-likeness (QED) is 0.532. The van der Waals surface area contributed by atoms with E-state index in [0.717, 1.165) is 5.56 Å². The minimum Gasteiger partial charge on any atom is -0.460 e. The van der Waals surface area contributed by atoms with Crippen molar-refractivity contribution < 1.29 is 19.1 Å². The van der Waals surface area contributed by atoms with Gasteiger partial charge < -0.3 is 9.47 Å². The average molecular weight is 391 g/mol. The summed E-state index contributed by atoms with van der Waals surface area (Å²) in [6.07, 6.45) is 2.49. The van der Waals surface area contributed by atoms with Crippen LogP contribution in [0.25, 0.3) is 6.08 Å². The lowest BCUT2D eigenvalue weighted by molar-refractivity contribution is -0.158. The zero-order chi connectivity index (χ0) is 20.0. The van der Waals surface area contributed by atoms with Crippen LogP contribution in [-0.2, 0) is 25.6 Å². The third-order valence-corrected chi connectivity index (χ3v) is 4.05. The van der Waals surface area contributed by atoms with Gasteiger partial charge in [0.05, 0.1) is 18.3 Å². The van der Waals surface area contributed by atoms with Crippen LogP contribution in [0.1, 0.15) is 36.2 Å². The van der Waals surface area contributed by atoms with Crippen LogP contribution in [-0.4, -0.2) is 34.4 Å². The maximum atomic E-state index is 11.8. The zero-order valence-corrected chi connectivity index (χ0v) is 16.6. The molecule has 1 aromatic carbocycles. The topological polar surface area (TPSA) is 70.4 Å². The van der Waals surface area contributed by atoms with Gasteiger partial charge in [0.15, 0.2) is 6.61 Å². The van der Waals surface area contributed by atoms with Gasteiger partial charge in [-0.15, -0.1) is 0 Å². The molecule has 6 nitrogen and oxygen atoms in total. The second kappa shape index (κ2) is 9.37. The number of halogens is 1. The van der Waals surface area contributed by atoms with Gasteiger partial charge in [-0.05, 0) is 39.3 Å². The first-order chi connectivity index (χ1) is 12.8. The van der Waals surface area contributed by atoms with Crippen LogP contribution in [0, 0.1) is 13.8 Å². The van der Waals surface area contributed by atoms with Crippen LogP contribution in [0.5, 0.6) is 0 Å². The Morgan fingerprint density at radius 1 is 1.22 bits per heavy atom. The normalized spacial score (nSPS) is 11.2. The van der Waals surface area contributed by atoms with Crippen molar-refractivity contribution in [1.29, 1.82) is 0 Å². The highest BCUT2D eigenvalue weighted by molar-refractivity contribution is 6.31. The molecule has 0 saturated carbocycles. The first-order valence-electron chi connectivity index (χ1n) is 8.59. The molecule has 1 heterocycles. The van der Waals surface area contributed by atoms with E-state index >= 15 is 0 Å². The van der Waals surface area contributed by atoms with E-state index in [1.165, 1.54) is 17.7 Å². The number of ether oxygens (including phenoxy) is 2. The van der Waals surface area contributed by atoms with Crippen LogP contribution in [0.4, 0.5) is 0 Å². The van der Waals surface area contributed by atoms with E-state index in [1.807, 2.05) is 38.1 Å². The Hall–Kier alpha value is -2.60. The Balaban J connectivity index is 2.01. The molecule has 27 heavy (non-hydrogen) atoms. The van der Waals surface area contributed by atoms with Gasteiger partial charge in [-0.25, -0.2) is 14.3 Å². The van der Waals surface area contributed by atoms with Crippen molar-refractivity contribution in [3.05, 3.63) is 57.9 Å². The Labute approximate surface area is 163 Å². The minimum atomic E-state index is -0.655. The summed E-state index contributed by atoms with van der Waals surface area (Å²) in [4.78, 5) is 23.2. The van der Waals surface area contributed by atoms with Crippen molar-refractivity contribution >= 4 is 29.6 Å². The fourth-order valence-corrected chi connectivity index (χ4v) is 2.65. The maximum Gasteiger partial charge on any atom is 0.344 e. The van der Waals surface area contributed by atoms with Crippen LogP contribution in [0.15, 0.2) is 30.3 Å². The number of carbonyl (C=O) groups is 2. The Bertz CT molecular complexity index is 838. The van der Waals surface area contributed by atoms with Crippen molar-refractivity contribution in [3.8, 4) is 0 Å². The summed E-state index contributed by atoms with van der Waals surface area (Å²) < 4.78 is 11.4. The molecule has 0 N–H and O–H groups in total. The molecule has 0 atom stereocenters. The van der Waals surface area contributed by atoms with Crippen molar-refractivity contribution in [3.63, 3.8) is 0 Å². The predicted octanol–water partition coefficient (Wildman–Crippen LogP) is 3.71. The summed E-state index contributed by atoms with van der Waals surface area (Å²) in [5.74, 6) is -1.25. The van der Waals surface area contributed by atoms with Gasteiger partial charge in [0.25, 0.3) is 0 Å². The molecule has 0 spiro atoms. The van der Waals surface area contributed by atoms with E-state index in [9.17, 15) is 9.59 Å². The number of carbonyl (C=O) groups excluding carboxylic acids is 2. The second-order valence-corrected chi connectivity index (χ2v) is 6.77. The van der Waals surface area contributed by atoms with Gasteiger partial charge in [0, 0.05) is 11.6 Å². The molecule has 2 rings (SSSR count). The highest BCUT2D eigenvalue weighted by Crippen LogP contribution is 2.22. The lowest BCUT2D eigenvalue weighted by Crippen LogP contribution is -2.18. The SMILES string of the molecule is Cc1ccc(Cn2nc(C)c(/C=C/C(=O)OCC(=O)OC(C)C)c2Cl)cc1. The molecule has 0 bridgehead atoms. The highest BCUT2D eigenvalue weighted by atomic mass is 35.5. The number of esters is 2. The molecule has 0 saturated heterocycles. The van der Waals surface area contributed by atoms with Crippen molar-refractivity contribution in [2.75, 3.05) is 6.61 Å². The smallest absolute Gasteiger partial charge is 0.344 e. The van der Waals surface area contributed by atoms with Gasteiger partial charge >= 0.3 is 11.9 Å². The van der Waals surface area contributed by atoms with Gasteiger partial charge in [0.1, 0.15) is 5.15 Å². The second-order valence-electron chi connectivity index (χ2n) is 6.41. The zero-order valence-electron chi connectivity index (χ0n) is 15.9. The number of aromatic nitrogens is 2. The first-order valence-corrected chi connectivity index (χ1v) is 8.97. The van der Waals surface area contributed by atoms with Crippen LogP contribution in [0.2, 0.25) is 5.15 Å². The molecule has 0 aliphatic rings. The molecule has 144 valence electrons. The predicted molar refractivity (Wildman–Crippen MR) is 103 cm³/mol. The van der Waals surface area contributed by atoms with E-state index < -0.39 is 18.5 Å². The Morgan fingerprint density at radius 2 is 1.89 bits per heavy atom. The fourth-order valence-electron chi connectivity index (χ4n) is 2.35. The van der Waals surface area contributed by atoms with E-state index in [4.69, 9.17) is 21.1 Å². The summed E-state index contributed by atoms with van der Waals surface area (Å²) in [7, 11) is 0. The van der Waals surface area contributed by atoms with Crippen molar-refractivity contribution in [2.45, 2.75) is 40.3 Å². The molecule has 0 unspecified atom stereocenters. The van der Waals surface area contributed by atoms with Crippen LogP contribution < -0.4 is 0 Å². The van der Waals surface area contributed by atoms with Gasteiger partial charge in [-0.2, -0.15) is 5.10 Å². The Kier molecular flexibility index (Phi) is 7.19. The van der Waals surface area contributed by atoms with Crippen molar-refractivity contribution in [1.82, 2.24) is 9.78 Å². The third kappa shape index (κ3) is 6.25. The van der Waals surface area contributed by atoms with Gasteiger partial charge in [-0.1, -0.05) is 41.4 Å². The molecule has 0 aliphatic heterocycles. The number of aryl methyl sites for hydroxylation is 2. The van der Waals surface area contributed by atoms with Crippen LogP contribution in [0.3, 0.4) is 0 Å². The average Bonchev–Trinajstić information content (AvgIpc) is 2.86. The van der Waals surface area contributed by atoms with E-state index in [-0.39, 0.29) is 6.10 Å². The molecule has 7 heteroatoms. The van der Waals surface area contributed by atoms with E-state index in [0.29, 0.717) is 23.0 Å². The molecular formula is C20H23ClN2O4.